The molecular weight excluding hydrogens is 590 g/mol. The van der Waals surface area contributed by atoms with Crippen LogP contribution in [0.3, 0.4) is 0 Å². The molecule has 2 aromatic rings. The molecule has 0 spiro atoms. The molecule has 0 aromatic heterocycles. The molecule has 2 N–H and O–H groups in total. The monoisotopic (exact) mass is 623 g/mol. The summed E-state index contributed by atoms with van der Waals surface area (Å²) < 4.78 is 29.2. The third-order valence-electron chi connectivity index (χ3n) is 9.64. The Hall–Kier alpha value is -3.70. The van der Waals surface area contributed by atoms with Crippen LogP contribution in [0.2, 0.25) is 0 Å². The average Bonchev–Trinajstić information content (AvgIpc) is 3.47. The maximum absolute atomic E-state index is 12.8. The number of thioether (sulfide) groups is 1. The number of rotatable bonds is 2. The highest BCUT2D eigenvalue weighted by molar-refractivity contribution is 7.99. The molecule has 13 heteroatoms. The molecule has 4 bridgehead atoms. The number of hydrogen-bond donors (Lipinski definition) is 2. The van der Waals surface area contributed by atoms with Crippen molar-refractivity contribution in [3.63, 3.8) is 0 Å². The van der Waals surface area contributed by atoms with Gasteiger partial charge in [0, 0.05) is 47.0 Å². The Kier molecular flexibility index (Phi) is 6.89. The third-order valence-corrected chi connectivity index (χ3v) is 11.0. The summed E-state index contributed by atoms with van der Waals surface area (Å²) in [6.45, 7) is 4.77. The number of aliphatic hydroxyl groups excluding tert-OH is 1. The van der Waals surface area contributed by atoms with Crippen LogP contribution in [0.1, 0.15) is 57.6 Å². The van der Waals surface area contributed by atoms with Crippen LogP contribution in [0.5, 0.6) is 28.7 Å². The van der Waals surface area contributed by atoms with Gasteiger partial charge < -0.3 is 33.9 Å². The minimum absolute atomic E-state index is 0.0158. The van der Waals surface area contributed by atoms with Gasteiger partial charge in [0.15, 0.2) is 29.1 Å². The summed E-state index contributed by atoms with van der Waals surface area (Å²) in [5.74, 6) is 0.343. The smallest absolute Gasteiger partial charge is 0.335 e. The van der Waals surface area contributed by atoms with Crippen molar-refractivity contribution in [3.05, 3.63) is 39.4 Å². The molecule has 0 saturated carbocycles. The van der Waals surface area contributed by atoms with Crippen molar-refractivity contribution in [2.75, 3.05) is 33.3 Å². The fourth-order valence-corrected chi connectivity index (χ4v) is 9.37. The number of piperazine rings is 1. The number of esters is 2. The summed E-state index contributed by atoms with van der Waals surface area (Å²) in [5.41, 5.74) is 4.30. The molecule has 2 saturated heterocycles. The minimum Gasteiger partial charge on any atom is -0.504 e. The normalized spacial score (nSPS) is 30.4. The molecule has 44 heavy (non-hydrogen) atoms. The number of aliphatic hydroxyl groups is 1. The van der Waals surface area contributed by atoms with E-state index in [1.54, 1.807) is 6.92 Å². The van der Waals surface area contributed by atoms with Crippen molar-refractivity contribution >= 4 is 23.7 Å². The number of cyclic esters (lactones) is 1. The van der Waals surface area contributed by atoms with Gasteiger partial charge in [0.2, 0.25) is 6.79 Å². The quantitative estimate of drug-likeness (QED) is 0.373. The Labute approximate surface area is 258 Å². The number of methoxy groups -OCH3 is 1. The maximum atomic E-state index is 12.8. The highest BCUT2D eigenvalue weighted by Crippen LogP contribution is 2.64. The van der Waals surface area contributed by atoms with E-state index in [9.17, 15) is 25.1 Å². The van der Waals surface area contributed by atoms with Gasteiger partial charge in [-0.25, -0.2) is 4.79 Å². The molecule has 2 fully saturated rings. The maximum Gasteiger partial charge on any atom is 0.335 e. The van der Waals surface area contributed by atoms with Crippen LogP contribution in [0.25, 0.3) is 0 Å². The van der Waals surface area contributed by atoms with E-state index in [0.29, 0.717) is 51.7 Å². The van der Waals surface area contributed by atoms with Gasteiger partial charge in [-0.2, -0.15) is 5.26 Å². The highest BCUT2D eigenvalue weighted by Gasteiger charge is 2.60. The van der Waals surface area contributed by atoms with E-state index in [1.165, 1.54) is 25.8 Å². The van der Waals surface area contributed by atoms with Gasteiger partial charge >= 0.3 is 11.9 Å². The zero-order valence-electron chi connectivity index (χ0n) is 24.9. The number of nitrogens with zero attached hydrogens (tertiary/aromatic N) is 3. The number of aryl methyl sites for hydroxylation is 1. The molecule has 5 heterocycles. The van der Waals surface area contributed by atoms with Crippen molar-refractivity contribution in [2.45, 2.75) is 68.8 Å². The first-order valence-corrected chi connectivity index (χ1v) is 15.5. The van der Waals surface area contributed by atoms with Crippen LogP contribution < -0.4 is 18.9 Å². The number of carbonyl (C=O) groups excluding carboxylic acids is 2. The predicted molar refractivity (Wildman–Crippen MR) is 156 cm³/mol. The molecule has 232 valence electrons. The molecule has 1 unspecified atom stereocenters. The summed E-state index contributed by atoms with van der Waals surface area (Å²) >= 11 is 1.32. The number of phenols is 1. The van der Waals surface area contributed by atoms with E-state index in [1.807, 2.05) is 20.0 Å². The van der Waals surface area contributed by atoms with Crippen LogP contribution in [-0.2, 0) is 20.7 Å². The number of likely N-dealkylation sites (N-methyl/N-ethyl adjacent to an activating group) is 1. The van der Waals surface area contributed by atoms with Crippen molar-refractivity contribution in [1.29, 1.82) is 5.26 Å². The van der Waals surface area contributed by atoms with E-state index < -0.39 is 47.5 Å². The van der Waals surface area contributed by atoms with Gasteiger partial charge in [-0.05, 0) is 38.4 Å². The Morgan fingerprint density at radius 2 is 1.91 bits per heavy atom. The molecule has 5 aliphatic heterocycles. The van der Waals surface area contributed by atoms with Crippen LogP contribution in [-0.4, -0.2) is 89.5 Å². The van der Waals surface area contributed by atoms with Crippen LogP contribution >= 0.6 is 11.8 Å². The largest absolute Gasteiger partial charge is 0.504 e. The lowest BCUT2D eigenvalue weighted by Crippen LogP contribution is -2.69. The zero-order valence-corrected chi connectivity index (χ0v) is 25.8. The SMILES string of the molecule is COc1c(C)cc2c(c1O)[C@@H]1C3[C@@H]4SC[C@H](O)C(=O)OC[C@H](c5c6c(c(C)c(OC(C)=O)c54)OCO6)N3[C@@H](C#N)[C@H](C2)N1C. The lowest BCUT2D eigenvalue weighted by Gasteiger charge is -2.61. The Morgan fingerprint density at radius 1 is 1.16 bits per heavy atom. The van der Waals surface area contributed by atoms with Crippen molar-refractivity contribution < 1.29 is 43.5 Å². The van der Waals surface area contributed by atoms with Crippen molar-refractivity contribution in [3.8, 4) is 34.8 Å². The number of benzene rings is 2. The second-order valence-electron chi connectivity index (χ2n) is 11.9. The second-order valence-corrected chi connectivity index (χ2v) is 13.1. The molecular formula is C31H33N3O9S. The fourth-order valence-electron chi connectivity index (χ4n) is 7.96. The molecule has 0 aliphatic carbocycles. The Balaban J connectivity index is 1.56. The third kappa shape index (κ3) is 3.94. The fraction of sp³-hybridized carbons (Fsp3) is 0.516. The second kappa shape index (κ2) is 10.4. The standard InChI is InChI=1S/C31H33N3O9S/c1-12-6-15-7-16-17(8-32)34-18-9-40-31(38)19(36)10-44-30(24(34)23(33(16)4)20(15)25(37)26(12)39-5)22-21(18)29-28(41-11-42-29)13(2)27(22)43-14(3)35/h6,16-19,23-24,30,36-37H,7,9-11H2,1-5H3/t16-,17-,18+,19-,23+,24?,30+/m0/s1. The molecule has 7 atom stereocenters. The van der Waals surface area contributed by atoms with Crippen LogP contribution in [0, 0.1) is 25.2 Å². The summed E-state index contributed by atoms with van der Waals surface area (Å²) in [4.78, 5) is 29.6. The zero-order chi connectivity index (χ0) is 31.2. The van der Waals surface area contributed by atoms with Gasteiger partial charge in [-0.15, -0.1) is 11.8 Å². The summed E-state index contributed by atoms with van der Waals surface area (Å²) in [6, 6.07) is 2.00. The molecule has 0 amide bonds. The molecule has 5 aliphatic rings. The number of fused-ring (bicyclic) bond motifs is 9. The van der Waals surface area contributed by atoms with Crippen LogP contribution in [0.15, 0.2) is 6.07 Å². The average molecular weight is 624 g/mol. The van der Waals surface area contributed by atoms with E-state index in [-0.39, 0.29) is 30.9 Å². The summed E-state index contributed by atoms with van der Waals surface area (Å²) in [7, 11) is 3.48. The van der Waals surface area contributed by atoms with Gasteiger partial charge in [0.1, 0.15) is 18.4 Å². The Morgan fingerprint density at radius 3 is 2.61 bits per heavy atom. The van der Waals surface area contributed by atoms with Gasteiger partial charge in [0.25, 0.3) is 0 Å². The van der Waals surface area contributed by atoms with E-state index >= 15 is 0 Å². The molecule has 7 rings (SSSR count). The summed E-state index contributed by atoms with van der Waals surface area (Å²) in [6.07, 6.45) is -0.887. The Bertz CT molecular complexity index is 1640. The molecule has 12 nitrogen and oxygen atoms in total. The highest BCUT2D eigenvalue weighted by atomic mass is 32.2. The van der Waals surface area contributed by atoms with Crippen molar-refractivity contribution in [1.82, 2.24) is 9.80 Å². The lowest BCUT2D eigenvalue weighted by molar-refractivity contribution is -0.157. The number of aromatic hydroxyl groups is 1. The number of ether oxygens (including phenoxy) is 5. The van der Waals surface area contributed by atoms with Gasteiger partial charge in [-0.1, -0.05) is 6.07 Å². The topological polar surface area (TPSA) is 151 Å². The molecule has 0 radical (unpaired) electrons. The van der Waals surface area contributed by atoms with Crippen LogP contribution in [0.4, 0.5) is 0 Å². The number of nitriles is 1. The number of phenolic OH excluding ortho intramolecular Hbond substituents is 1. The first kappa shape index (κ1) is 29.0. The first-order chi connectivity index (χ1) is 21.1. The molecule has 2 aromatic carbocycles. The first-order valence-electron chi connectivity index (χ1n) is 14.5. The lowest BCUT2D eigenvalue weighted by atomic mass is 9.71. The van der Waals surface area contributed by atoms with Crippen molar-refractivity contribution in [2.24, 2.45) is 0 Å². The van der Waals surface area contributed by atoms with Gasteiger partial charge in [-0.3, -0.25) is 14.6 Å². The van der Waals surface area contributed by atoms with E-state index in [4.69, 9.17) is 23.7 Å². The summed E-state index contributed by atoms with van der Waals surface area (Å²) in [5, 5.41) is 32.7. The van der Waals surface area contributed by atoms with E-state index in [0.717, 1.165) is 11.1 Å². The number of carbonyl (C=O) groups is 2. The van der Waals surface area contributed by atoms with Gasteiger partial charge in [0.05, 0.1) is 30.5 Å². The number of hydrogen-bond acceptors (Lipinski definition) is 13. The van der Waals surface area contributed by atoms with E-state index in [2.05, 4.69) is 15.9 Å². The minimum atomic E-state index is -1.39. The predicted octanol–water partition coefficient (Wildman–Crippen LogP) is 2.59.